The molecule has 106 valence electrons. The Morgan fingerprint density at radius 1 is 1.10 bits per heavy atom. The standard InChI is InChI=1S/C18H22FN/c1-13(2)15-7-9-16(10-8-15)18(3,20)12-14-5-4-6-17(19)11-14/h4-11,13H,12,20H2,1-3H3. The Kier molecular flexibility index (Phi) is 4.24. The van der Waals surface area contributed by atoms with Crippen molar-refractivity contribution in [2.45, 2.75) is 38.6 Å². The molecule has 2 aromatic rings. The van der Waals surface area contributed by atoms with Crippen LogP contribution in [0.3, 0.4) is 0 Å². The fourth-order valence-corrected chi connectivity index (χ4v) is 2.42. The van der Waals surface area contributed by atoms with Gasteiger partial charge in [-0.2, -0.15) is 0 Å². The van der Waals surface area contributed by atoms with E-state index in [-0.39, 0.29) is 5.82 Å². The average molecular weight is 271 g/mol. The van der Waals surface area contributed by atoms with Gasteiger partial charge in [0.05, 0.1) is 0 Å². The van der Waals surface area contributed by atoms with Crippen LogP contribution in [-0.4, -0.2) is 0 Å². The van der Waals surface area contributed by atoms with Crippen LogP contribution in [0.4, 0.5) is 4.39 Å². The zero-order valence-electron chi connectivity index (χ0n) is 12.4. The largest absolute Gasteiger partial charge is 0.321 e. The molecule has 0 amide bonds. The van der Waals surface area contributed by atoms with Crippen LogP contribution >= 0.6 is 0 Å². The van der Waals surface area contributed by atoms with Crippen LogP contribution in [0.5, 0.6) is 0 Å². The van der Waals surface area contributed by atoms with Gasteiger partial charge in [-0.1, -0.05) is 50.2 Å². The van der Waals surface area contributed by atoms with Crippen LogP contribution in [0, 0.1) is 5.82 Å². The van der Waals surface area contributed by atoms with Gasteiger partial charge in [-0.3, -0.25) is 0 Å². The molecule has 0 bridgehead atoms. The molecular formula is C18H22FN. The van der Waals surface area contributed by atoms with Crippen molar-refractivity contribution in [3.05, 3.63) is 71.0 Å². The first-order valence-corrected chi connectivity index (χ1v) is 7.02. The first-order chi connectivity index (χ1) is 9.38. The van der Waals surface area contributed by atoms with E-state index < -0.39 is 5.54 Å². The SMILES string of the molecule is CC(C)c1ccc(C(C)(N)Cc2cccc(F)c2)cc1. The number of nitrogens with two attached hydrogens (primary N) is 1. The summed E-state index contributed by atoms with van der Waals surface area (Å²) in [5.74, 6) is 0.296. The maximum atomic E-state index is 13.2. The van der Waals surface area contributed by atoms with Gasteiger partial charge in [-0.15, -0.1) is 0 Å². The molecule has 0 radical (unpaired) electrons. The van der Waals surface area contributed by atoms with E-state index in [1.54, 1.807) is 12.1 Å². The maximum absolute atomic E-state index is 13.2. The zero-order chi connectivity index (χ0) is 14.8. The molecule has 0 aliphatic carbocycles. The molecule has 1 nitrogen and oxygen atoms in total. The Morgan fingerprint density at radius 2 is 1.75 bits per heavy atom. The normalized spacial score (nSPS) is 14.3. The highest BCUT2D eigenvalue weighted by atomic mass is 19.1. The molecule has 0 fully saturated rings. The third-order valence-electron chi connectivity index (χ3n) is 3.70. The van der Waals surface area contributed by atoms with E-state index in [0.29, 0.717) is 12.3 Å². The molecule has 0 spiro atoms. The summed E-state index contributed by atoms with van der Waals surface area (Å²) in [5, 5.41) is 0. The maximum Gasteiger partial charge on any atom is 0.123 e. The van der Waals surface area contributed by atoms with E-state index in [0.717, 1.165) is 11.1 Å². The Hall–Kier alpha value is -1.67. The summed E-state index contributed by atoms with van der Waals surface area (Å²) in [4.78, 5) is 0. The minimum atomic E-state index is -0.497. The van der Waals surface area contributed by atoms with Gasteiger partial charge >= 0.3 is 0 Å². The van der Waals surface area contributed by atoms with E-state index in [1.807, 2.05) is 13.0 Å². The Balaban J connectivity index is 2.21. The van der Waals surface area contributed by atoms with Crippen molar-refractivity contribution in [1.29, 1.82) is 0 Å². The highest BCUT2D eigenvalue weighted by molar-refractivity contribution is 5.31. The Bertz CT molecular complexity index is 570. The van der Waals surface area contributed by atoms with Crippen molar-refractivity contribution in [3.8, 4) is 0 Å². The summed E-state index contributed by atoms with van der Waals surface area (Å²) >= 11 is 0. The fourth-order valence-electron chi connectivity index (χ4n) is 2.42. The van der Waals surface area contributed by atoms with Crippen molar-refractivity contribution >= 4 is 0 Å². The second-order valence-electron chi connectivity index (χ2n) is 6.00. The molecule has 1 unspecified atom stereocenters. The molecule has 0 aliphatic heterocycles. The van der Waals surface area contributed by atoms with E-state index in [1.165, 1.54) is 11.6 Å². The third kappa shape index (κ3) is 3.45. The zero-order valence-corrected chi connectivity index (χ0v) is 12.4. The van der Waals surface area contributed by atoms with Crippen molar-refractivity contribution in [1.82, 2.24) is 0 Å². The number of hydrogen-bond acceptors (Lipinski definition) is 1. The minimum absolute atomic E-state index is 0.214. The van der Waals surface area contributed by atoms with Crippen molar-refractivity contribution in [2.75, 3.05) is 0 Å². The van der Waals surface area contributed by atoms with Gasteiger partial charge in [0.1, 0.15) is 5.82 Å². The number of rotatable bonds is 4. The van der Waals surface area contributed by atoms with Crippen LogP contribution in [0.15, 0.2) is 48.5 Å². The van der Waals surface area contributed by atoms with Crippen LogP contribution in [0.1, 0.15) is 43.4 Å². The second-order valence-corrected chi connectivity index (χ2v) is 6.00. The lowest BCUT2D eigenvalue weighted by Crippen LogP contribution is -2.35. The van der Waals surface area contributed by atoms with Gasteiger partial charge in [0.15, 0.2) is 0 Å². The van der Waals surface area contributed by atoms with E-state index >= 15 is 0 Å². The van der Waals surface area contributed by atoms with Gasteiger partial charge in [0.2, 0.25) is 0 Å². The molecule has 0 saturated carbocycles. The molecule has 2 rings (SSSR count). The number of halogens is 1. The predicted octanol–water partition coefficient (Wildman–Crippen LogP) is 4.37. The second kappa shape index (κ2) is 5.76. The van der Waals surface area contributed by atoms with Crippen molar-refractivity contribution < 1.29 is 4.39 Å². The van der Waals surface area contributed by atoms with Crippen LogP contribution in [-0.2, 0) is 12.0 Å². The molecule has 0 heterocycles. The molecule has 2 N–H and O–H groups in total. The van der Waals surface area contributed by atoms with E-state index in [2.05, 4.69) is 38.1 Å². The van der Waals surface area contributed by atoms with Gasteiger partial charge in [0, 0.05) is 5.54 Å². The van der Waals surface area contributed by atoms with Gasteiger partial charge in [0.25, 0.3) is 0 Å². The van der Waals surface area contributed by atoms with E-state index in [9.17, 15) is 4.39 Å². The first-order valence-electron chi connectivity index (χ1n) is 7.02. The smallest absolute Gasteiger partial charge is 0.123 e. The predicted molar refractivity (Wildman–Crippen MR) is 82.2 cm³/mol. The summed E-state index contributed by atoms with van der Waals surface area (Å²) in [5.41, 5.74) is 9.22. The molecular weight excluding hydrogens is 249 g/mol. The quantitative estimate of drug-likeness (QED) is 0.878. The van der Waals surface area contributed by atoms with Crippen LogP contribution < -0.4 is 5.73 Å². The highest BCUT2D eigenvalue weighted by Gasteiger charge is 2.22. The summed E-state index contributed by atoms with van der Waals surface area (Å²) in [6.45, 7) is 6.33. The minimum Gasteiger partial charge on any atom is -0.321 e. The molecule has 20 heavy (non-hydrogen) atoms. The fraction of sp³-hybridized carbons (Fsp3) is 0.333. The van der Waals surface area contributed by atoms with Crippen molar-refractivity contribution in [3.63, 3.8) is 0 Å². The molecule has 1 atom stereocenters. The molecule has 2 aromatic carbocycles. The average Bonchev–Trinajstić information content (AvgIpc) is 2.38. The topological polar surface area (TPSA) is 26.0 Å². The van der Waals surface area contributed by atoms with Crippen LogP contribution in [0.2, 0.25) is 0 Å². The molecule has 0 aromatic heterocycles. The highest BCUT2D eigenvalue weighted by Crippen LogP contribution is 2.25. The van der Waals surface area contributed by atoms with Gasteiger partial charge in [-0.05, 0) is 48.1 Å². The third-order valence-corrected chi connectivity index (χ3v) is 3.70. The number of benzene rings is 2. The summed E-state index contributed by atoms with van der Waals surface area (Å²) < 4.78 is 13.2. The van der Waals surface area contributed by atoms with Crippen LogP contribution in [0.25, 0.3) is 0 Å². The monoisotopic (exact) mass is 271 g/mol. The van der Waals surface area contributed by atoms with Gasteiger partial charge in [-0.25, -0.2) is 4.39 Å². The molecule has 0 aliphatic rings. The molecule has 2 heteroatoms. The van der Waals surface area contributed by atoms with Crippen molar-refractivity contribution in [2.24, 2.45) is 5.73 Å². The number of hydrogen-bond donors (Lipinski definition) is 1. The Labute approximate surface area is 120 Å². The lowest BCUT2D eigenvalue weighted by Gasteiger charge is -2.26. The van der Waals surface area contributed by atoms with Gasteiger partial charge < -0.3 is 5.73 Å². The first kappa shape index (κ1) is 14.7. The summed E-state index contributed by atoms with van der Waals surface area (Å²) in [6.07, 6.45) is 0.617. The lowest BCUT2D eigenvalue weighted by atomic mass is 9.85. The summed E-state index contributed by atoms with van der Waals surface area (Å²) in [6, 6.07) is 15.0. The molecule has 0 saturated heterocycles. The lowest BCUT2D eigenvalue weighted by molar-refractivity contribution is 0.489. The Morgan fingerprint density at radius 3 is 2.30 bits per heavy atom. The summed E-state index contributed by atoms with van der Waals surface area (Å²) in [7, 11) is 0. The van der Waals surface area contributed by atoms with E-state index in [4.69, 9.17) is 5.73 Å².